The summed E-state index contributed by atoms with van der Waals surface area (Å²) in [6.45, 7) is 5.05. The first-order valence-corrected chi connectivity index (χ1v) is 8.82. The van der Waals surface area contributed by atoms with Crippen LogP contribution in [0.2, 0.25) is 0 Å². The van der Waals surface area contributed by atoms with E-state index in [4.69, 9.17) is 0 Å². The third kappa shape index (κ3) is 5.45. The number of aryl methyl sites for hydroxylation is 1. The molecule has 0 aliphatic heterocycles. The average Bonchev–Trinajstić information content (AvgIpc) is 2.63. The Morgan fingerprint density at radius 1 is 1.00 bits per heavy atom. The highest BCUT2D eigenvalue weighted by molar-refractivity contribution is 5.97. The van der Waals surface area contributed by atoms with Gasteiger partial charge in [0.1, 0.15) is 0 Å². The van der Waals surface area contributed by atoms with E-state index in [0.29, 0.717) is 18.7 Å². The summed E-state index contributed by atoms with van der Waals surface area (Å²) in [5, 5.41) is 2.85. The van der Waals surface area contributed by atoms with Crippen LogP contribution in [0.3, 0.4) is 0 Å². The molecule has 0 fully saturated rings. The summed E-state index contributed by atoms with van der Waals surface area (Å²) in [7, 11) is 0. The summed E-state index contributed by atoms with van der Waals surface area (Å²) in [5.41, 5.74) is 2.49. The van der Waals surface area contributed by atoms with Gasteiger partial charge >= 0.3 is 0 Å². The van der Waals surface area contributed by atoms with Crippen LogP contribution in [0.15, 0.2) is 54.6 Å². The summed E-state index contributed by atoms with van der Waals surface area (Å²) in [4.78, 5) is 26.6. The second-order valence-corrected chi connectivity index (χ2v) is 6.06. The molecule has 0 aromatic heterocycles. The van der Waals surface area contributed by atoms with Crippen molar-refractivity contribution in [3.05, 3.63) is 65.7 Å². The maximum Gasteiger partial charge on any atom is 0.251 e. The minimum absolute atomic E-state index is 0.0322. The third-order valence-corrected chi connectivity index (χ3v) is 4.12. The van der Waals surface area contributed by atoms with Crippen molar-refractivity contribution in [2.45, 2.75) is 33.1 Å². The van der Waals surface area contributed by atoms with Crippen molar-refractivity contribution in [2.24, 2.45) is 0 Å². The highest BCUT2D eigenvalue weighted by Gasteiger charge is 2.15. The van der Waals surface area contributed by atoms with Crippen molar-refractivity contribution in [1.82, 2.24) is 5.32 Å². The zero-order chi connectivity index (χ0) is 18.1. The molecule has 2 aromatic carbocycles. The molecular formula is C21H26N2O2. The van der Waals surface area contributed by atoms with E-state index in [2.05, 4.69) is 12.2 Å². The number of carbonyl (C=O) groups excluding carboxylic acids is 2. The molecule has 0 aliphatic rings. The molecule has 0 saturated carbocycles. The number of nitrogens with zero attached hydrogens (tertiary/aromatic N) is 1. The number of hydrogen-bond donors (Lipinski definition) is 1. The monoisotopic (exact) mass is 338 g/mol. The van der Waals surface area contributed by atoms with Gasteiger partial charge in [-0.05, 0) is 37.1 Å². The van der Waals surface area contributed by atoms with Crippen molar-refractivity contribution in [3.63, 3.8) is 0 Å². The van der Waals surface area contributed by atoms with E-state index in [1.54, 1.807) is 6.07 Å². The number of rotatable bonds is 8. The number of para-hydroxylation sites is 1. The van der Waals surface area contributed by atoms with Crippen LogP contribution in [-0.4, -0.2) is 24.9 Å². The molecule has 1 N–H and O–H groups in total. The Labute approximate surface area is 149 Å². The summed E-state index contributed by atoms with van der Waals surface area (Å²) >= 11 is 0. The van der Waals surface area contributed by atoms with Gasteiger partial charge < -0.3 is 10.2 Å². The van der Waals surface area contributed by atoms with Gasteiger partial charge in [0.05, 0.1) is 0 Å². The maximum atomic E-state index is 12.6. The summed E-state index contributed by atoms with van der Waals surface area (Å²) in [5.74, 6) is -0.101. The van der Waals surface area contributed by atoms with Gasteiger partial charge in [-0.2, -0.15) is 0 Å². The Morgan fingerprint density at radius 3 is 2.36 bits per heavy atom. The molecule has 4 heteroatoms. The number of amides is 2. The van der Waals surface area contributed by atoms with Crippen LogP contribution in [0, 0.1) is 6.92 Å². The first kappa shape index (κ1) is 18.7. The van der Waals surface area contributed by atoms with E-state index in [1.165, 1.54) is 0 Å². The minimum Gasteiger partial charge on any atom is -0.352 e. The normalized spacial score (nSPS) is 10.3. The molecule has 0 heterocycles. The van der Waals surface area contributed by atoms with E-state index >= 15 is 0 Å². The van der Waals surface area contributed by atoms with Crippen LogP contribution < -0.4 is 10.2 Å². The fourth-order valence-electron chi connectivity index (χ4n) is 2.66. The molecule has 25 heavy (non-hydrogen) atoms. The Morgan fingerprint density at radius 2 is 1.68 bits per heavy atom. The predicted molar refractivity (Wildman–Crippen MR) is 102 cm³/mol. The number of nitrogens with one attached hydrogen (secondary N) is 1. The predicted octanol–water partition coefficient (Wildman–Crippen LogP) is 3.95. The molecule has 0 unspecified atom stereocenters. The van der Waals surface area contributed by atoms with Gasteiger partial charge in [-0.1, -0.05) is 49.7 Å². The molecule has 0 spiro atoms. The van der Waals surface area contributed by atoms with Crippen molar-refractivity contribution < 1.29 is 9.59 Å². The van der Waals surface area contributed by atoms with Crippen LogP contribution in [-0.2, 0) is 4.79 Å². The Balaban J connectivity index is 1.92. The molecule has 4 nitrogen and oxygen atoms in total. The molecule has 0 bridgehead atoms. The Bertz CT molecular complexity index is 698. The van der Waals surface area contributed by atoms with Gasteiger partial charge in [0, 0.05) is 30.8 Å². The van der Waals surface area contributed by atoms with Gasteiger partial charge in [-0.15, -0.1) is 0 Å². The van der Waals surface area contributed by atoms with E-state index in [0.717, 1.165) is 24.1 Å². The van der Waals surface area contributed by atoms with Crippen LogP contribution in [0.25, 0.3) is 0 Å². The lowest BCUT2D eigenvalue weighted by atomic mass is 10.1. The third-order valence-electron chi connectivity index (χ3n) is 4.12. The van der Waals surface area contributed by atoms with E-state index in [1.807, 2.05) is 60.4 Å². The van der Waals surface area contributed by atoms with E-state index in [9.17, 15) is 9.59 Å². The van der Waals surface area contributed by atoms with Crippen LogP contribution >= 0.6 is 0 Å². The van der Waals surface area contributed by atoms with E-state index < -0.39 is 0 Å². The standard InChI is InChI=1S/C21H26N2O2/c1-3-4-16-23(18-11-6-5-7-12-18)20(24)14-15-22-21(25)19-13-9-8-10-17(19)2/h5-13H,3-4,14-16H2,1-2H3,(H,22,25). The summed E-state index contributed by atoms with van der Waals surface area (Å²) in [6.07, 6.45) is 2.27. The van der Waals surface area contributed by atoms with Crippen LogP contribution in [0.1, 0.15) is 42.1 Å². The second-order valence-electron chi connectivity index (χ2n) is 6.06. The first-order chi connectivity index (χ1) is 12.1. The zero-order valence-corrected chi connectivity index (χ0v) is 15.0. The molecule has 2 amide bonds. The lowest BCUT2D eigenvalue weighted by Crippen LogP contribution is -2.35. The number of anilines is 1. The highest BCUT2D eigenvalue weighted by Crippen LogP contribution is 2.15. The topological polar surface area (TPSA) is 49.4 Å². The quantitative estimate of drug-likeness (QED) is 0.792. The van der Waals surface area contributed by atoms with E-state index in [-0.39, 0.29) is 18.2 Å². The molecule has 2 aromatic rings. The van der Waals surface area contributed by atoms with Crippen LogP contribution in [0.5, 0.6) is 0 Å². The Kier molecular flexibility index (Phi) is 7.20. The largest absolute Gasteiger partial charge is 0.352 e. The van der Waals surface area contributed by atoms with Gasteiger partial charge in [0.25, 0.3) is 5.91 Å². The maximum absolute atomic E-state index is 12.6. The van der Waals surface area contributed by atoms with Crippen molar-refractivity contribution >= 4 is 17.5 Å². The fraction of sp³-hybridized carbons (Fsp3) is 0.333. The SMILES string of the molecule is CCCCN(C(=O)CCNC(=O)c1ccccc1C)c1ccccc1. The molecule has 0 saturated heterocycles. The summed E-state index contributed by atoms with van der Waals surface area (Å²) in [6, 6.07) is 17.1. The van der Waals surface area contributed by atoms with Crippen molar-refractivity contribution in [3.8, 4) is 0 Å². The molecule has 0 radical (unpaired) electrons. The zero-order valence-electron chi connectivity index (χ0n) is 15.0. The second kappa shape index (κ2) is 9.62. The van der Waals surface area contributed by atoms with Crippen molar-refractivity contribution in [2.75, 3.05) is 18.0 Å². The van der Waals surface area contributed by atoms with Gasteiger partial charge in [0.15, 0.2) is 0 Å². The number of carbonyl (C=O) groups is 2. The van der Waals surface area contributed by atoms with Gasteiger partial charge in [-0.25, -0.2) is 0 Å². The summed E-state index contributed by atoms with van der Waals surface area (Å²) < 4.78 is 0. The number of benzene rings is 2. The molecular weight excluding hydrogens is 312 g/mol. The Hall–Kier alpha value is -2.62. The lowest BCUT2D eigenvalue weighted by Gasteiger charge is -2.23. The molecule has 0 atom stereocenters. The molecule has 0 aliphatic carbocycles. The smallest absolute Gasteiger partial charge is 0.251 e. The van der Waals surface area contributed by atoms with Gasteiger partial charge in [-0.3, -0.25) is 9.59 Å². The lowest BCUT2D eigenvalue weighted by molar-refractivity contribution is -0.118. The molecule has 132 valence electrons. The fourth-order valence-corrected chi connectivity index (χ4v) is 2.66. The van der Waals surface area contributed by atoms with Gasteiger partial charge in [0.2, 0.25) is 5.91 Å². The average molecular weight is 338 g/mol. The molecule has 2 rings (SSSR count). The first-order valence-electron chi connectivity index (χ1n) is 8.82. The minimum atomic E-state index is -0.134. The van der Waals surface area contributed by atoms with Crippen LogP contribution in [0.4, 0.5) is 5.69 Å². The number of hydrogen-bond acceptors (Lipinski definition) is 2. The number of unbranched alkanes of at least 4 members (excludes halogenated alkanes) is 1. The highest BCUT2D eigenvalue weighted by atomic mass is 16.2. The van der Waals surface area contributed by atoms with Crippen molar-refractivity contribution in [1.29, 1.82) is 0 Å².